The van der Waals surface area contributed by atoms with Crippen molar-refractivity contribution in [2.24, 2.45) is 14.1 Å². The van der Waals surface area contributed by atoms with Crippen LogP contribution in [0.25, 0.3) is 10.2 Å². The number of ether oxygens (including phenoxy) is 1. The van der Waals surface area contributed by atoms with E-state index in [1.807, 2.05) is 6.07 Å². The van der Waals surface area contributed by atoms with Gasteiger partial charge in [-0.2, -0.15) is 0 Å². The zero-order valence-electron chi connectivity index (χ0n) is 14.4. The van der Waals surface area contributed by atoms with Gasteiger partial charge in [-0.1, -0.05) is 30.3 Å². The van der Waals surface area contributed by atoms with Gasteiger partial charge in [0, 0.05) is 14.1 Å². The number of fused-ring (bicyclic) bond motifs is 1. The number of carbonyl (C=O) groups is 2. The standard InChI is InChI=1S/C17H15N3O6S/c1-19-13(21)10-11(12(15(22)23)27-14(10)20(2)17(19)25)18-16(24)26-8-9-6-4-3-5-7-9/h3-7H,8H2,1-2H3,(H,18,24)(H,22,23). The molecule has 0 aliphatic heterocycles. The van der Waals surface area contributed by atoms with Gasteiger partial charge in [0.15, 0.2) is 0 Å². The second kappa shape index (κ2) is 7.08. The number of aromatic carboxylic acids is 1. The number of hydrogen-bond donors (Lipinski definition) is 2. The number of nitrogens with one attached hydrogen (secondary N) is 1. The predicted octanol–water partition coefficient (Wildman–Crippen LogP) is 1.75. The van der Waals surface area contributed by atoms with Crippen molar-refractivity contribution in [3.63, 3.8) is 0 Å². The van der Waals surface area contributed by atoms with Crippen LogP contribution in [0.3, 0.4) is 0 Å². The Hall–Kier alpha value is -3.40. The first-order valence-electron chi connectivity index (χ1n) is 7.74. The van der Waals surface area contributed by atoms with E-state index in [-0.39, 0.29) is 27.4 Å². The van der Waals surface area contributed by atoms with Gasteiger partial charge in [0.25, 0.3) is 5.56 Å². The first-order valence-corrected chi connectivity index (χ1v) is 8.56. The molecule has 140 valence electrons. The molecule has 0 saturated carbocycles. The lowest BCUT2D eigenvalue weighted by molar-refractivity contribution is 0.0703. The van der Waals surface area contributed by atoms with Gasteiger partial charge in [-0.25, -0.2) is 14.4 Å². The van der Waals surface area contributed by atoms with Gasteiger partial charge in [-0.15, -0.1) is 11.3 Å². The van der Waals surface area contributed by atoms with Crippen LogP contribution in [0, 0.1) is 0 Å². The molecule has 27 heavy (non-hydrogen) atoms. The van der Waals surface area contributed by atoms with E-state index in [9.17, 15) is 24.3 Å². The summed E-state index contributed by atoms with van der Waals surface area (Å²) in [6.45, 7) is -0.0202. The van der Waals surface area contributed by atoms with Crippen LogP contribution in [0.1, 0.15) is 15.2 Å². The molecule has 0 spiro atoms. The van der Waals surface area contributed by atoms with E-state index in [1.54, 1.807) is 24.3 Å². The van der Waals surface area contributed by atoms with E-state index in [0.29, 0.717) is 0 Å². The number of benzene rings is 1. The van der Waals surface area contributed by atoms with Crippen LogP contribution in [-0.4, -0.2) is 26.3 Å². The fourth-order valence-corrected chi connectivity index (χ4v) is 3.59. The number of amides is 1. The lowest BCUT2D eigenvalue weighted by atomic mass is 10.2. The van der Waals surface area contributed by atoms with Crippen molar-refractivity contribution in [3.05, 3.63) is 61.6 Å². The number of rotatable bonds is 4. The summed E-state index contributed by atoms with van der Waals surface area (Å²) < 4.78 is 7.10. The Bertz CT molecular complexity index is 1160. The number of aryl methyl sites for hydroxylation is 1. The monoisotopic (exact) mass is 389 g/mol. The number of aromatic nitrogens is 2. The lowest BCUT2D eigenvalue weighted by Gasteiger charge is -2.08. The Morgan fingerprint density at radius 2 is 1.81 bits per heavy atom. The van der Waals surface area contributed by atoms with Crippen molar-refractivity contribution in [2.45, 2.75) is 6.61 Å². The van der Waals surface area contributed by atoms with Crippen LogP contribution in [0.15, 0.2) is 39.9 Å². The van der Waals surface area contributed by atoms with Crippen LogP contribution < -0.4 is 16.6 Å². The van der Waals surface area contributed by atoms with Crippen LogP contribution in [0.4, 0.5) is 10.5 Å². The van der Waals surface area contributed by atoms with Crippen molar-refractivity contribution in [1.29, 1.82) is 0 Å². The number of nitrogens with zero attached hydrogens (tertiary/aromatic N) is 2. The summed E-state index contributed by atoms with van der Waals surface area (Å²) in [4.78, 5) is 48.1. The Morgan fingerprint density at radius 3 is 2.44 bits per heavy atom. The maximum absolute atomic E-state index is 12.5. The maximum Gasteiger partial charge on any atom is 0.412 e. The largest absolute Gasteiger partial charge is 0.477 e. The van der Waals surface area contributed by atoms with E-state index in [0.717, 1.165) is 26.0 Å². The minimum absolute atomic E-state index is 0.0202. The zero-order chi connectivity index (χ0) is 19.7. The first-order chi connectivity index (χ1) is 12.8. The number of anilines is 1. The molecule has 2 aromatic heterocycles. The van der Waals surface area contributed by atoms with Crippen molar-refractivity contribution in [1.82, 2.24) is 9.13 Å². The van der Waals surface area contributed by atoms with Crippen molar-refractivity contribution >= 4 is 39.3 Å². The molecule has 2 heterocycles. The molecule has 1 aromatic carbocycles. The second-order valence-electron chi connectivity index (χ2n) is 5.68. The highest BCUT2D eigenvalue weighted by atomic mass is 32.1. The van der Waals surface area contributed by atoms with Crippen LogP contribution >= 0.6 is 11.3 Å². The molecule has 0 fully saturated rings. The predicted molar refractivity (Wildman–Crippen MR) is 99.5 cm³/mol. The molecular formula is C17H15N3O6S. The topological polar surface area (TPSA) is 120 Å². The van der Waals surface area contributed by atoms with E-state index in [2.05, 4.69) is 5.32 Å². The highest BCUT2D eigenvalue weighted by Gasteiger charge is 2.25. The van der Waals surface area contributed by atoms with Gasteiger partial charge in [-0.05, 0) is 5.56 Å². The molecule has 0 aliphatic carbocycles. The van der Waals surface area contributed by atoms with Crippen molar-refractivity contribution in [2.75, 3.05) is 5.32 Å². The number of hydrogen-bond acceptors (Lipinski definition) is 6. The Balaban J connectivity index is 2.01. The van der Waals surface area contributed by atoms with Gasteiger partial charge >= 0.3 is 17.8 Å². The second-order valence-corrected chi connectivity index (χ2v) is 6.68. The molecule has 10 heteroatoms. The summed E-state index contributed by atoms with van der Waals surface area (Å²) >= 11 is 0.732. The quantitative estimate of drug-likeness (QED) is 0.701. The summed E-state index contributed by atoms with van der Waals surface area (Å²) in [5, 5.41) is 11.7. The summed E-state index contributed by atoms with van der Waals surface area (Å²) in [5.74, 6) is -1.33. The van der Waals surface area contributed by atoms with Gasteiger partial charge < -0.3 is 9.84 Å². The third-order valence-electron chi connectivity index (χ3n) is 3.92. The summed E-state index contributed by atoms with van der Waals surface area (Å²) in [7, 11) is 2.70. The van der Waals surface area contributed by atoms with Gasteiger partial charge in [0.2, 0.25) is 0 Å². The fourth-order valence-electron chi connectivity index (χ4n) is 2.55. The molecule has 3 aromatic rings. The average molecular weight is 389 g/mol. The molecule has 2 N–H and O–H groups in total. The molecule has 9 nitrogen and oxygen atoms in total. The fraction of sp³-hybridized carbons (Fsp3) is 0.176. The Labute approximate surface area is 156 Å². The van der Waals surface area contributed by atoms with E-state index < -0.39 is 23.3 Å². The Kier molecular flexibility index (Phi) is 4.82. The molecule has 0 atom stereocenters. The molecule has 0 aliphatic rings. The molecule has 0 unspecified atom stereocenters. The van der Waals surface area contributed by atoms with Gasteiger partial charge in [0.1, 0.15) is 16.3 Å². The molecule has 1 amide bonds. The highest BCUT2D eigenvalue weighted by Crippen LogP contribution is 2.33. The summed E-state index contributed by atoms with van der Waals surface area (Å²) in [6.07, 6.45) is -0.906. The zero-order valence-corrected chi connectivity index (χ0v) is 15.2. The molecule has 3 rings (SSSR count). The van der Waals surface area contributed by atoms with Gasteiger partial charge in [-0.3, -0.25) is 19.2 Å². The molecule has 0 saturated heterocycles. The normalized spacial score (nSPS) is 10.7. The van der Waals surface area contributed by atoms with E-state index in [4.69, 9.17) is 4.74 Å². The van der Waals surface area contributed by atoms with E-state index in [1.165, 1.54) is 14.1 Å². The van der Waals surface area contributed by atoms with Crippen LogP contribution in [0.5, 0.6) is 0 Å². The third kappa shape index (κ3) is 3.34. The molecular weight excluding hydrogens is 374 g/mol. The summed E-state index contributed by atoms with van der Waals surface area (Å²) in [5.41, 5.74) is -0.726. The number of carboxylic acids is 1. The number of carbonyl (C=O) groups excluding carboxylic acids is 1. The van der Waals surface area contributed by atoms with E-state index >= 15 is 0 Å². The highest BCUT2D eigenvalue weighted by molar-refractivity contribution is 7.21. The minimum atomic E-state index is -1.33. The SMILES string of the molecule is Cn1c(=O)c2c(NC(=O)OCc3ccccc3)c(C(=O)O)sc2n(C)c1=O. The smallest absolute Gasteiger partial charge is 0.412 e. The number of carboxylic acid groups (broad SMARTS) is 1. The molecule has 0 bridgehead atoms. The van der Waals surface area contributed by atoms with Gasteiger partial charge in [0.05, 0.1) is 11.1 Å². The Morgan fingerprint density at radius 1 is 1.15 bits per heavy atom. The van der Waals surface area contributed by atoms with Crippen molar-refractivity contribution < 1.29 is 19.4 Å². The van der Waals surface area contributed by atoms with Crippen LogP contribution in [-0.2, 0) is 25.4 Å². The maximum atomic E-state index is 12.5. The first kappa shape index (κ1) is 18.4. The molecule has 0 radical (unpaired) electrons. The average Bonchev–Trinajstić information content (AvgIpc) is 3.03. The van der Waals surface area contributed by atoms with Crippen molar-refractivity contribution in [3.8, 4) is 0 Å². The minimum Gasteiger partial charge on any atom is -0.477 e. The third-order valence-corrected chi connectivity index (χ3v) is 5.17. The number of thiophene rings is 1. The lowest BCUT2D eigenvalue weighted by Crippen LogP contribution is -2.36. The summed E-state index contributed by atoms with van der Waals surface area (Å²) in [6, 6.07) is 8.93. The van der Waals surface area contributed by atoms with Crippen LogP contribution in [0.2, 0.25) is 0 Å².